The SMILES string of the molecule is Nc1nc(Cl)cc(OCCC2CCC2)n1. The van der Waals surface area contributed by atoms with E-state index in [-0.39, 0.29) is 5.95 Å². The zero-order valence-corrected chi connectivity index (χ0v) is 9.20. The van der Waals surface area contributed by atoms with E-state index in [4.69, 9.17) is 22.1 Å². The molecule has 0 saturated heterocycles. The smallest absolute Gasteiger partial charge is 0.224 e. The minimum Gasteiger partial charge on any atom is -0.477 e. The molecule has 1 aromatic rings. The molecule has 0 spiro atoms. The maximum atomic E-state index is 5.72. The number of aromatic nitrogens is 2. The van der Waals surface area contributed by atoms with Crippen LogP contribution >= 0.6 is 11.6 Å². The summed E-state index contributed by atoms with van der Waals surface area (Å²) in [5.41, 5.74) is 5.44. The third-order valence-corrected chi connectivity index (χ3v) is 2.88. The Kier molecular flexibility index (Phi) is 3.26. The van der Waals surface area contributed by atoms with Crippen LogP contribution < -0.4 is 10.5 Å². The summed E-state index contributed by atoms with van der Waals surface area (Å²) < 4.78 is 5.46. The molecule has 0 amide bonds. The minimum absolute atomic E-state index is 0.154. The number of rotatable bonds is 4. The Morgan fingerprint density at radius 2 is 2.27 bits per heavy atom. The number of nitrogens with zero attached hydrogens (tertiary/aromatic N) is 2. The highest BCUT2D eigenvalue weighted by atomic mass is 35.5. The summed E-state index contributed by atoms with van der Waals surface area (Å²) in [5.74, 6) is 1.45. The monoisotopic (exact) mass is 227 g/mol. The van der Waals surface area contributed by atoms with Crippen LogP contribution in [0.25, 0.3) is 0 Å². The van der Waals surface area contributed by atoms with Gasteiger partial charge >= 0.3 is 0 Å². The van der Waals surface area contributed by atoms with Crippen molar-refractivity contribution in [3.05, 3.63) is 11.2 Å². The number of nitrogen functional groups attached to an aromatic ring is 1. The molecule has 82 valence electrons. The fourth-order valence-electron chi connectivity index (χ4n) is 1.60. The van der Waals surface area contributed by atoms with Gasteiger partial charge in [0.05, 0.1) is 6.61 Å². The van der Waals surface area contributed by atoms with Crippen molar-refractivity contribution in [2.45, 2.75) is 25.7 Å². The van der Waals surface area contributed by atoms with Gasteiger partial charge in [-0.2, -0.15) is 4.98 Å². The third-order valence-electron chi connectivity index (χ3n) is 2.69. The highest BCUT2D eigenvalue weighted by molar-refractivity contribution is 6.29. The number of ether oxygens (including phenoxy) is 1. The molecule has 1 heterocycles. The number of anilines is 1. The summed E-state index contributed by atoms with van der Waals surface area (Å²) in [6.45, 7) is 0.678. The van der Waals surface area contributed by atoms with Crippen LogP contribution in [0, 0.1) is 5.92 Å². The first-order valence-electron chi connectivity index (χ1n) is 5.17. The molecule has 0 aromatic carbocycles. The molecule has 1 aliphatic carbocycles. The van der Waals surface area contributed by atoms with Gasteiger partial charge in [0.2, 0.25) is 11.8 Å². The van der Waals surface area contributed by atoms with Crippen LogP contribution in [-0.4, -0.2) is 16.6 Å². The lowest BCUT2D eigenvalue weighted by Crippen LogP contribution is -2.14. The molecule has 5 heteroatoms. The molecular formula is C10H14ClN3O. The van der Waals surface area contributed by atoms with Crippen molar-refractivity contribution >= 4 is 17.5 Å². The maximum absolute atomic E-state index is 5.72. The number of nitrogens with two attached hydrogens (primary N) is 1. The van der Waals surface area contributed by atoms with Crippen molar-refractivity contribution in [3.63, 3.8) is 0 Å². The maximum Gasteiger partial charge on any atom is 0.224 e. The van der Waals surface area contributed by atoms with Gasteiger partial charge in [-0.05, 0) is 12.3 Å². The van der Waals surface area contributed by atoms with E-state index in [9.17, 15) is 0 Å². The van der Waals surface area contributed by atoms with Gasteiger partial charge in [0.15, 0.2) is 0 Å². The highest BCUT2D eigenvalue weighted by Gasteiger charge is 2.17. The second kappa shape index (κ2) is 4.66. The van der Waals surface area contributed by atoms with E-state index in [0.717, 1.165) is 12.3 Å². The van der Waals surface area contributed by atoms with Crippen LogP contribution in [-0.2, 0) is 0 Å². The van der Waals surface area contributed by atoms with Crippen molar-refractivity contribution < 1.29 is 4.74 Å². The number of hydrogen-bond donors (Lipinski definition) is 1. The van der Waals surface area contributed by atoms with Crippen LogP contribution in [0.3, 0.4) is 0 Å². The van der Waals surface area contributed by atoms with E-state index in [1.807, 2.05) is 0 Å². The Morgan fingerprint density at radius 1 is 1.47 bits per heavy atom. The zero-order chi connectivity index (χ0) is 10.7. The Hall–Kier alpha value is -1.03. The fraction of sp³-hybridized carbons (Fsp3) is 0.600. The largest absolute Gasteiger partial charge is 0.477 e. The molecule has 0 unspecified atom stereocenters. The predicted octanol–water partition coefficient (Wildman–Crippen LogP) is 2.28. The lowest BCUT2D eigenvalue weighted by Gasteiger charge is -2.24. The van der Waals surface area contributed by atoms with Gasteiger partial charge in [-0.15, -0.1) is 0 Å². The summed E-state index contributed by atoms with van der Waals surface area (Å²) >= 11 is 5.72. The highest BCUT2D eigenvalue weighted by Crippen LogP contribution is 2.29. The van der Waals surface area contributed by atoms with Crippen molar-refractivity contribution in [2.24, 2.45) is 5.92 Å². The fourth-order valence-corrected chi connectivity index (χ4v) is 1.78. The Morgan fingerprint density at radius 3 is 2.87 bits per heavy atom. The van der Waals surface area contributed by atoms with Gasteiger partial charge < -0.3 is 10.5 Å². The zero-order valence-electron chi connectivity index (χ0n) is 8.45. The third kappa shape index (κ3) is 2.96. The van der Waals surface area contributed by atoms with E-state index in [0.29, 0.717) is 17.6 Å². The molecule has 2 N–H and O–H groups in total. The van der Waals surface area contributed by atoms with Gasteiger partial charge in [0.1, 0.15) is 5.15 Å². The van der Waals surface area contributed by atoms with Crippen LogP contribution in [0.1, 0.15) is 25.7 Å². The molecule has 1 saturated carbocycles. The second-order valence-electron chi connectivity index (χ2n) is 3.82. The van der Waals surface area contributed by atoms with Gasteiger partial charge in [0.25, 0.3) is 0 Å². The van der Waals surface area contributed by atoms with Crippen LogP contribution in [0.2, 0.25) is 5.15 Å². The normalized spacial score (nSPS) is 16.1. The topological polar surface area (TPSA) is 61.0 Å². The van der Waals surface area contributed by atoms with Crippen molar-refractivity contribution in [1.29, 1.82) is 0 Å². The van der Waals surface area contributed by atoms with E-state index in [1.165, 1.54) is 19.3 Å². The molecule has 1 aromatic heterocycles. The lowest BCUT2D eigenvalue weighted by atomic mass is 9.83. The van der Waals surface area contributed by atoms with Crippen LogP contribution in [0.15, 0.2) is 6.07 Å². The average Bonchev–Trinajstić information content (AvgIpc) is 2.07. The van der Waals surface area contributed by atoms with Gasteiger partial charge in [0, 0.05) is 6.07 Å². The van der Waals surface area contributed by atoms with Gasteiger partial charge in [-0.1, -0.05) is 30.9 Å². The van der Waals surface area contributed by atoms with Gasteiger partial charge in [-0.3, -0.25) is 0 Å². The first kappa shape index (κ1) is 10.5. The quantitative estimate of drug-likeness (QED) is 0.802. The van der Waals surface area contributed by atoms with Crippen LogP contribution in [0.5, 0.6) is 5.88 Å². The molecule has 1 fully saturated rings. The summed E-state index contributed by atoms with van der Waals surface area (Å²) in [6.07, 6.45) is 5.10. The first-order chi connectivity index (χ1) is 7.24. The van der Waals surface area contributed by atoms with Crippen LogP contribution in [0.4, 0.5) is 5.95 Å². The molecule has 4 nitrogen and oxygen atoms in total. The average molecular weight is 228 g/mol. The summed E-state index contributed by atoms with van der Waals surface area (Å²) in [4.78, 5) is 7.69. The van der Waals surface area contributed by atoms with E-state index < -0.39 is 0 Å². The Bertz CT molecular complexity index is 321. The van der Waals surface area contributed by atoms with Gasteiger partial charge in [-0.25, -0.2) is 4.98 Å². The molecule has 1 aliphatic rings. The second-order valence-corrected chi connectivity index (χ2v) is 4.21. The molecule has 0 aliphatic heterocycles. The number of halogens is 1. The predicted molar refractivity (Wildman–Crippen MR) is 58.9 cm³/mol. The van der Waals surface area contributed by atoms with Crippen molar-refractivity contribution in [2.75, 3.05) is 12.3 Å². The molecule has 0 radical (unpaired) electrons. The summed E-state index contributed by atoms with van der Waals surface area (Å²) in [6, 6.07) is 1.58. The van der Waals surface area contributed by atoms with Crippen molar-refractivity contribution in [1.82, 2.24) is 9.97 Å². The Balaban J connectivity index is 1.81. The number of hydrogen-bond acceptors (Lipinski definition) is 4. The molecule has 0 bridgehead atoms. The molecule has 15 heavy (non-hydrogen) atoms. The Labute approximate surface area is 93.8 Å². The summed E-state index contributed by atoms with van der Waals surface area (Å²) in [7, 11) is 0. The molecule has 0 atom stereocenters. The first-order valence-corrected chi connectivity index (χ1v) is 5.54. The summed E-state index contributed by atoms with van der Waals surface area (Å²) in [5, 5.41) is 0.321. The van der Waals surface area contributed by atoms with E-state index in [2.05, 4.69) is 9.97 Å². The molecule has 2 rings (SSSR count). The lowest BCUT2D eigenvalue weighted by molar-refractivity contribution is 0.217. The van der Waals surface area contributed by atoms with E-state index in [1.54, 1.807) is 6.07 Å². The minimum atomic E-state index is 0.154. The van der Waals surface area contributed by atoms with Crippen molar-refractivity contribution in [3.8, 4) is 5.88 Å². The standard InChI is InChI=1S/C10H14ClN3O/c11-8-6-9(14-10(12)13-8)15-5-4-7-2-1-3-7/h6-7H,1-5H2,(H2,12,13,14). The van der Waals surface area contributed by atoms with E-state index >= 15 is 0 Å². The molecular weight excluding hydrogens is 214 g/mol.